The summed E-state index contributed by atoms with van der Waals surface area (Å²) in [6.45, 7) is 7.64. The Labute approximate surface area is 151 Å². The molecule has 0 fully saturated rings. The third-order valence-corrected chi connectivity index (χ3v) is 3.94. The summed E-state index contributed by atoms with van der Waals surface area (Å²) in [7, 11) is 2.16. The summed E-state index contributed by atoms with van der Waals surface area (Å²) in [5.74, 6) is 0.903. The monoisotopic (exact) mass is 341 g/mol. The molecule has 0 spiro atoms. The van der Waals surface area contributed by atoms with Crippen molar-refractivity contribution in [1.29, 1.82) is 0 Å². The molecule has 0 saturated carbocycles. The van der Waals surface area contributed by atoms with E-state index in [4.69, 9.17) is 0 Å². The van der Waals surface area contributed by atoms with Crippen LogP contribution in [0.4, 0.5) is 0 Å². The van der Waals surface area contributed by atoms with Gasteiger partial charge in [0.15, 0.2) is 5.96 Å². The Morgan fingerprint density at radius 3 is 2.56 bits per heavy atom. The smallest absolute Gasteiger partial charge is 0.191 e. The second kappa shape index (κ2) is 11.3. The zero-order chi connectivity index (χ0) is 17.7. The minimum atomic E-state index is 0.831. The molecule has 0 saturated heterocycles. The van der Waals surface area contributed by atoms with Crippen LogP contribution in [0, 0.1) is 0 Å². The van der Waals surface area contributed by atoms with Gasteiger partial charge in [-0.3, -0.25) is 4.99 Å². The number of guanidine groups is 1. The Hall–Kier alpha value is -2.27. The molecular weight excluding hydrogens is 310 g/mol. The van der Waals surface area contributed by atoms with Gasteiger partial charge in [-0.05, 0) is 44.6 Å². The van der Waals surface area contributed by atoms with Crippen LogP contribution in [0.1, 0.15) is 18.9 Å². The Balaban J connectivity index is 1.65. The van der Waals surface area contributed by atoms with Crippen molar-refractivity contribution < 1.29 is 0 Å². The van der Waals surface area contributed by atoms with Crippen LogP contribution >= 0.6 is 0 Å². The van der Waals surface area contributed by atoms with Gasteiger partial charge in [0.05, 0.1) is 0 Å². The van der Waals surface area contributed by atoms with Crippen molar-refractivity contribution in [2.45, 2.75) is 26.4 Å². The summed E-state index contributed by atoms with van der Waals surface area (Å²) in [5, 5.41) is 6.70. The van der Waals surface area contributed by atoms with E-state index in [0.717, 1.165) is 51.6 Å². The first kappa shape index (κ1) is 19.1. The highest BCUT2D eigenvalue weighted by Crippen LogP contribution is 2.02. The summed E-state index contributed by atoms with van der Waals surface area (Å²) in [5.41, 5.74) is 1.36. The van der Waals surface area contributed by atoms with Gasteiger partial charge in [0.2, 0.25) is 0 Å². The number of nitrogens with zero attached hydrogens (tertiary/aromatic N) is 3. The molecule has 0 aliphatic rings. The SMILES string of the molecule is CCNC(=NCCCN(C)Cc1ccccc1)NCCn1cccc1. The first-order valence-electron chi connectivity index (χ1n) is 9.13. The molecular formula is C20H31N5. The fourth-order valence-electron chi connectivity index (χ4n) is 2.67. The fraction of sp³-hybridized carbons (Fsp3) is 0.450. The van der Waals surface area contributed by atoms with Gasteiger partial charge in [-0.15, -0.1) is 0 Å². The zero-order valence-electron chi connectivity index (χ0n) is 15.5. The van der Waals surface area contributed by atoms with Crippen LogP contribution in [-0.2, 0) is 13.1 Å². The van der Waals surface area contributed by atoms with Gasteiger partial charge in [0.25, 0.3) is 0 Å². The van der Waals surface area contributed by atoms with Gasteiger partial charge in [0.1, 0.15) is 0 Å². The van der Waals surface area contributed by atoms with Crippen molar-refractivity contribution >= 4 is 5.96 Å². The lowest BCUT2D eigenvalue weighted by Gasteiger charge is -2.16. The first-order valence-corrected chi connectivity index (χ1v) is 9.13. The third kappa shape index (κ3) is 7.90. The van der Waals surface area contributed by atoms with Gasteiger partial charge in [0, 0.05) is 45.1 Å². The van der Waals surface area contributed by atoms with E-state index in [-0.39, 0.29) is 0 Å². The number of hydrogen-bond donors (Lipinski definition) is 2. The summed E-state index contributed by atoms with van der Waals surface area (Å²) in [6.07, 6.45) is 5.21. The molecule has 1 heterocycles. The molecule has 0 aliphatic carbocycles. The molecule has 5 nitrogen and oxygen atoms in total. The number of hydrogen-bond acceptors (Lipinski definition) is 2. The van der Waals surface area contributed by atoms with Crippen LogP contribution in [-0.4, -0.2) is 48.7 Å². The van der Waals surface area contributed by atoms with Crippen molar-refractivity contribution in [1.82, 2.24) is 20.1 Å². The van der Waals surface area contributed by atoms with Crippen molar-refractivity contribution in [3.8, 4) is 0 Å². The maximum Gasteiger partial charge on any atom is 0.191 e. The van der Waals surface area contributed by atoms with E-state index in [9.17, 15) is 0 Å². The predicted octanol–water partition coefficient (Wildman–Crippen LogP) is 2.57. The minimum absolute atomic E-state index is 0.831. The fourth-order valence-corrected chi connectivity index (χ4v) is 2.67. The number of benzene rings is 1. The molecule has 0 bridgehead atoms. The molecule has 25 heavy (non-hydrogen) atoms. The van der Waals surface area contributed by atoms with Gasteiger partial charge in [-0.1, -0.05) is 30.3 Å². The van der Waals surface area contributed by atoms with E-state index in [1.807, 2.05) is 12.1 Å². The average Bonchev–Trinajstić information content (AvgIpc) is 3.13. The highest BCUT2D eigenvalue weighted by Gasteiger charge is 2.00. The number of nitrogens with one attached hydrogen (secondary N) is 2. The highest BCUT2D eigenvalue weighted by atomic mass is 15.2. The second-order valence-electron chi connectivity index (χ2n) is 6.19. The Kier molecular flexibility index (Phi) is 8.63. The quantitative estimate of drug-likeness (QED) is 0.397. The minimum Gasteiger partial charge on any atom is -0.357 e. The first-order chi connectivity index (χ1) is 12.3. The van der Waals surface area contributed by atoms with Crippen LogP contribution in [0.3, 0.4) is 0 Å². The van der Waals surface area contributed by atoms with Crippen molar-refractivity contribution in [3.05, 3.63) is 60.4 Å². The maximum atomic E-state index is 4.67. The number of aromatic nitrogens is 1. The van der Waals surface area contributed by atoms with Crippen molar-refractivity contribution in [3.63, 3.8) is 0 Å². The van der Waals surface area contributed by atoms with Gasteiger partial charge in [-0.2, -0.15) is 0 Å². The van der Waals surface area contributed by atoms with Crippen molar-refractivity contribution in [2.24, 2.45) is 4.99 Å². The molecule has 0 unspecified atom stereocenters. The van der Waals surface area contributed by atoms with Gasteiger partial charge < -0.3 is 20.1 Å². The molecule has 5 heteroatoms. The van der Waals surface area contributed by atoms with Crippen LogP contribution in [0.25, 0.3) is 0 Å². The number of aliphatic imine (C=N–C) groups is 1. The molecule has 1 aromatic heterocycles. The summed E-state index contributed by atoms with van der Waals surface area (Å²) < 4.78 is 2.16. The standard InChI is InChI=1S/C20H31N5/c1-3-21-20(23-13-17-25-15-7-8-16-25)22-12-9-14-24(2)18-19-10-5-4-6-11-19/h4-8,10-11,15-16H,3,9,12-14,17-18H2,1-2H3,(H2,21,22,23). The second-order valence-corrected chi connectivity index (χ2v) is 6.19. The van der Waals surface area contributed by atoms with Crippen LogP contribution in [0.5, 0.6) is 0 Å². The molecule has 0 aliphatic heterocycles. The third-order valence-electron chi connectivity index (χ3n) is 3.94. The molecule has 0 atom stereocenters. The molecule has 0 amide bonds. The lowest BCUT2D eigenvalue weighted by molar-refractivity contribution is 0.324. The molecule has 2 N–H and O–H groups in total. The summed E-state index contributed by atoms with van der Waals surface area (Å²) in [4.78, 5) is 7.01. The summed E-state index contributed by atoms with van der Waals surface area (Å²) in [6, 6.07) is 14.7. The zero-order valence-corrected chi connectivity index (χ0v) is 15.5. The largest absolute Gasteiger partial charge is 0.357 e. The van der Waals surface area contributed by atoms with Gasteiger partial charge >= 0.3 is 0 Å². The van der Waals surface area contributed by atoms with Gasteiger partial charge in [-0.25, -0.2) is 0 Å². The van der Waals surface area contributed by atoms with Crippen LogP contribution in [0.2, 0.25) is 0 Å². The topological polar surface area (TPSA) is 44.6 Å². The average molecular weight is 342 g/mol. The Morgan fingerprint density at radius 1 is 1.08 bits per heavy atom. The van der Waals surface area contributed by atoms with E-state index in [2.05, 4.69) is 81.8 Å². The molecule has 136 valence electrons. The van der Waals surface area contributed by atoms with E-state index in [1.165, 1.54) is 5.56 Å². The van der Waals surface area contributed by atoms with E-state index in [0.29, 0.717) is 0 Å². The highest BCUT2D eigenvalue weighted by molar-refractivity contribution is 5.79. The van der Waals surface area contributed by atoms with Crippen LogP contribution < -0.4 is 10.6 Å². The molecule has 1 aromatic carbocycles. The maximum absolute atomic E-state index is 4.67. The molecule has 0 radical (unpaired) electrons. The Morgan fingerprint density at radius 2 is 1.84 bits per heavy atom. The lowest BCUT2D eigenvalue weighted by Crippen LogP contribution is -2.39. The Bertz CT molecular complexity index is 592. The van der Waals surface area contributed by atoms with Crippen molar-refractivity contribution in [2.75, 3.05) is 33.2 Å². The molecule has 2 rings (SSSR count). The van der Waals surface area contributed by atoms with Crippen LogP contribution in [0.15, 0.2) is 59.9 Å². The van der Waals surface area contributed by atoms with E-state index >= 15 is 0 Å². The molecule has 2 aromatic rings. The van der Waals surface area contributed by atoms with E-state index in [1.54, 1.807) is 0 Å². The predicted molar refractivity (Wildman–Crippen MR) is 106 cm³/mol. The lowest BCUT2D eigenvalue weighted by atomic mass is 10.2. The normalized spacial score (nSPS) is 11.7. The summed E-state index contributed by atoms with van der Waals surface area (Å²) >= 11 is 0. The number of rotatable bonds is 10. The van der Waals surface area contributed by atoms with E-state index < -0.39 is 0 Å².